The molecule has 0 N–H and O–H groups in total. The van der Waals surface area contributed by atoms with Gasteiger partial charge in [0.05, 0.1) is 0 Å². The summed E-state index contributed by atoms with van der Waals surface area (Å²) in [6, 6.07) is -2.49. The minimum Gasteiger partial charge on any atom is -0.390 e. The summed E-state index contributed by atoms with van der Waals surface area (Å²) < 4.78 is 4.96. The molecule has 0 aromatic carbocycles. The molecule has 0 saturated carbocycles. The molecule has 0 bridgehead atoms. The fourth-order valence-electron chi connectivity index (χ4n) is 3.17. The number of esters is 2. The van der Waals surface area contributed by atoms with Gasteiger partial charge in [0.1, 0.15) is 12.1 Å². The first-order chi connectivity index (χ1) is 13.8. The van der Waals surface area contributed by atoms with Crippen LogP contribution in [0.1, 0.15) is 52.4 Å². The first kappa shape index (κ1) is 22.2. The molecule has 0 fully saturated rings. The Kier molecular flexibility index (Phi) is 7.58. The number of nitrogens with zero attached hydrogens (tertiary/aromatic N) is 2. The van der Waals surface area contributed by atoms with Crippen LogP contribution >= 0.6 is 0 Å². The first-order valence-corrected chi connectivity index (χ1v) is 9.67. The standard InChI is InChI=1S/C20H24N2O7/c1-3-5-7-13(21-15(23)9-10-16(21)24)19(27)29-20(28)14(8-6-4-2)22-17(25)11-12-18(22)26/h9-14H,3-8H2,1-2H3. The van der Waals surface area contributed by atoms with E-state index in [1.807, 2.05) is 13.8 Å². The molecule has 156 valence electrons. The maximum Gasteiger partial charge on any atom is 0.337 e. The zero-order valence-corrected chi connectivity index (χ0v) is 16.5. The minimum absolute atomic E-state index is 0.143. The third kappa shape index (κ3) is 5.04. The average molecular weight is 404 g/mol. The van der Waals surface area contributed by atoms with Gasteiger partial charge in [-0.05, 0) is 12.8 Å². The summed E-state index contributed by atoms with van der Waals surface area (Å²) in [5, 5.41) is 0. The smallest absolute Gasteiger partial charge is 0.337 e. The fourth-order valence-corrected chi connectivity index (χ4v) is 3.17. The van der Waals surface area contributed by atoms with Gasteiger partial charge in [0.25, 0.3) is 23.6 Å². The monoisotopic (exact) mass is 404 g/mol. The number of carbonyl (C=O) groups excluding carboxylic acids is 6. The summed E-state index contributed by atoms with van der Waals surface area (Å²) in [7, 11) is 0. The molecule has 4 amide bonds. The van der Waals surface area contributed by atoms with Crippen LogP contribution in [0, 0.1) is 0 Å². The van der Waals surface area contributed by atoms with Crippen molar-refractivity contribution in [1.29, 1.82) is 0 Å². The number of amides is 4. The minimum atomic E-state index is -1.25. The third-order valence-electron chi connectivity index (χ3n) is 4.72. The van der Waals surface area contributed by atoms with Crippen molar-refractivity contribution in [3.8, 4) is 0 Å². The Hall–Kier alpha value is -3.10. The summed E-state index contributed by atoms with van der Waals surface area (Å²) in [6.45, 7) is 3.75. The predicted octanol–water partition coefficient (Wildman–Crippen LogP) is 1.02. The van der Waals surface area contributed by atoms with Crippen LogP contribution in [0.5, 0.6) is 0 Å². The Morgan fingerprint density at radius 3 is 1.31 bits per heavy atom. The Bertz CT molecular complexity index is 684. The van der Waals surface area contributed by atoms with Crippen molar-refractivity contribution < 1.29 is 33.5 Å². The molecule has 2 rings (SSSR count). The molecule has 9 heteroatoms. The summed E-state index contributed by atoms with van der Waals surface area (Å²) in [5.41, 5.74) is 0. The van der Waals surface area contributed by atoms with E-state index in [2.05, 4.69) is 0 Å². The van der Waals surface area contributed by atoms with Crippen molar-refractivity contribution >= 4 is 35.6 Å². The van der Waals surface area contributed by atoms with Gasteiger partial charge in [-0.25, -0.2) is 9.59 Å². The Morgan fingerprint density at radius 2 is 1.03 bits per heavy atom. The molecule has 9 nitrogen and oxygen atoms in total. The van der Waals surface area contributed by atoms with Crippen molar-refractivity contribution in [2.45, 2.75) is 64.5 Å². The van der Waals surface area contributed by atoms with Gasteiger partial charge < -0.3 is 4.74 Å². The van der Waals surface area contributed by atoms with Crippen LogP contribution in [-0.2, 0) is 33.5 Å². The van der Waals surface area contributed by atoms with Crippen LogP contribution < -0.4 is 0 Å². The lowest BCUT2D eigenvalue weighted by molar-refractivity contribution is -0.172. The SMILES string of the molecule is CCCCC(C(=O)OC(=O)C(CCCC)N1C(=O)C=CC1=O)N1C(=O)C=CC1=O. The van der Waals surface area contributed by atoms with Gasteiger partial charge in [0.15, 0.2) is 0 Å². The van der Waals surface area contributed by atoms with Crippen LogP contribution in [0.3, 0.4) is 0 Å². The number of carbonyl (C=O) groups is 6. The summed E-state index contributed by atoms with van der Waals surface area (Å²) in [5.74, 6) is -4.73. The number of hydrogen-bond acceptors (Lipinski definition) is 7. The second-order valence-electron chi connectivity index (χ2n) is 6.82. The molecule has 2 unspecified atom stereocenters. The highest BCUT2D eigenvalue weighted by Gasteiger charge is 2.41. The lowest BCUT2D eigenvalue weighted by Crippen LogP contribution is -2.50. The van der Waals surface area contributed by atoms with Crippen LogP contribution in [0.4, 0.5) is 0 Å². The molecule has 2 atom stereocenters. The molecule has 29 heavy (non-hydrogen) atoms. The summed E-state index contributed by atoms with van der Waals surface area (Å²) in [6.07, 6.45) is 6.93. The number of imide groups is 2. The molecule has 0 saturated heterocycles. The van der Waals surface area contributed by atoms with Gasteiger partial charge in [0, 0.05) is 24.3 Å². The zero-order chi connectivity index (χ0) is 21.6. The Balaban J connectivity index is 2.17. The summed E-state index contributed by atoms with van der Waals surface area (Å²) in [4.78, 5) is 74.8. The molecule has 0 aromatic heterocycles. The normalized spacial score (nSPS) is 18.0. The molecule has 2 heterocycles. The average Bonchev–Trinajstić information content (AvgIpc) is 3.18. The van der Waals surface area contributed by atoms with Crippen molar-refractivity contribution in [2.75, 3.05) is 0 Å². The van der Waals surface area contributed by atoms with Crippen molar-refractivity contribution in [3.05, 3.63) is 24.3 Å². The first-order valence-electron chi connectivity index (χ1n) is 9.67. The molecule has 0 aliphatic carbocycles. The van der Waals surface area contributed by atoms with E-state index < -0.39 is 47.7 Å². The van der Waals surface area contributed by atoms with Crippen LogP contribution in [0.25, 0.3) is 0 Å². The number of ether oxygens (including phenoxy) is 1. The zero-order valence-electron chi connectivity index (χ0n) is 16.5. The van der Waals surface area contributed by atoms with Crippen LogP contribution in [0.2, 0.25) is 0 Å². The largest absolute Gasteiger partial charge is 0.390 e. The molecule has 2 aliphatic rings. The van der Waals surface area contributed by atoms with E-state index in [9.17, 15) is 28.8 Å². The maximum absolute atomic E-state index is 12.7. The van der Waals surface area contributed by atoms with Gasteiger partial charge in [-0.2, -0.15) is 0 Å². The Labute approximate surface area is 168 Å². The number of unbranched alkanes of at least 4 members (excludes halogenated alkanes) is 2. The second kappa shape index (κ2) is 9.90. The molecule has 0 spiro atoms. The Morgan fingerprint density at radius 1 is 0.724 bits per heavy atom. The van der Waals surface area contributed by atoms with Crippen LogP contribution in [0.15, 0.2) is 24.3 Å². The maximum atomic E-state index is 12.7. The van der Waals surface area contributed by atoms with E-state index in [0.717, 1.165) is 34.1 Å². The highest BCUT2D eigenvalue weighted by Crippen LogP contribution is 2.20. The van der Waals surface area contributed by atoms with E-state index in [4.69, 9.17) is 4.74 Å². The number of hydrogen-bond donors (Lipinski definition) is 0. The molecule has 0 aromatic rings. The van der Waals surface area contributed by atoms with E-state index in [1.54, 1.807) is 0 Å². The van der Waals surface area contributed by atoms with E-state index >= 15 is 0 Å². The van der Waals surface area contributed by atoms with Gasteiger partial charge >= 0.3 is 11.9 Å². The highest BCUT2D eigenvalue weighted by molar-refractivity contribution is 6.16. The van der Waals surface area contributed by atoms with Gasteiger partial charge in [-0.3, -0.25) is 29.0 Å². The van der Waals surface area contributed by atoms with Crippen molar-refractivity contribution in [1.82, 2.24) is 9.80 Å². The van der Waals surface area contributed by atoms with E-state index in [1.165, 1.54) is 0 Å². The van der Waals surface area contributed by atoms with Crippen LogP contribution in [-0.4, -0.2) is 57.5 Å². The van der Waals surface area contributed by atoms with Gasteiger partial charge in [-0.15, -0.1) is 0 Å². The molecule has 2 aliphatic heterocycles. The van der Waals surface area contributed by atoms with Crippen molar-refractivity contribution in [2.24, 2.45) is 0 Å². The third-order valence-corrected chi connectivity index (χ3v) is 4.72. The topological polar surface area (TPSA) is 118 Å². The quantitative estimate of drug-likeness (QED) is 0.303. The van der Waals surface area contributed by atoms with E-state index in [-0.39, 0.29) is 12.8 Å². The van der Waals surface area contributed by atoms with Gasteiger partial charge in [-0.1, -0.05) is 39.5 Å². The lowest BCUT2D eigenvalue weighted by Gasteiger charge is -2.27. The lowest BCUT2D eigenvalue weighted by atomic mass is 10.1. The second-order valence-corrected chi connectivity index (χ2v) is 6.82. The molecule has 0 radical (unpaired) electrons. The number of rotatable bonds is 10. The molecular weight excluding hydrogens is 380 g/mol. The van der Waals surface area contributed by atoms with E-state index in [0.29, 0.717) is 25.7 Å². The summed E-state index contributed by atoms with van der Waals surface area (Å²) >= 11 is 0. The predicted molar refractivity (Wildman–Crippen MR) is 99.7 cm³/mol. The highest BCUT2D eigenvalue weighted by atomic mass is 16.6. The van der Waals surface area contributed by atoms with Gasteiger partial charge in [0.2, 0.25) is 0 Å². The van der Waals surface area contributed by atoms with Crippen molar-refractivity contribution in [3.63, 3.8) is 0 Å². The molecular formula is C20H24N2O7. The fraction of sp³-hybridized carbons (Fsp3) is 0.500.